The van der Waals surface area contributed by atoms with Crippen molar-refractivity contribution in [1.82, 2.24) is 9.55 Å². The number of imidazole rings is 1. The molecule has 5 nitrogen and oxygen atoms in total. The van der Waals surface area contributed by atoms with Gasteiger partial charge >= 0.3 is 0 Å². The maximum absolute atomic E-state index is 14.5. The normalized spacial score (nSPS) is 12.5. The molecule has 0 spiro atoms. The molecule has 2 aromatic carbocycles. The highest BCUT2D eigenvalue weighted by atomic mass is 28.3. The Kier molecular flexibility index (Phi) is 7.74. The Morgan fingerprint density at radius 3 is 2.38 bits per heavy atom. The van der Waals surface area contributed by atoms with Crippen molar-refractivity contribution in [3.05, 3.63) is 59.7 Å². The van der Waals surface area contributed by atoms with E-state index in [1.807, 2.05) is 55.7 Å². The summed E-state index contributed by atoms with van der Waals surface area (Å²) in [4.78, 5) is 4.77. The van der Waals surface area contributed by atoms with Gasteiger partial charge in [0.15, 0.2) is 5.75 Å². The Hall–Kier alpha value is -2.22. The number of hydrogen-bond acceptors (Lipinski definition) is 4. The molecule has 1 aromatic heterocycles. The van der Waals surface area contributed by atoms with Crippen molar-refractivity contribution in [2.24, 2.45) is 0 Å². The van der Waals surface area contributed by atoms with Crippen LogP contribution in [0.4, 0.5) is 4.39 Å². The van der Waals surface area contributed by atoms with E-state index < -0.39 is 13.7 Å². The third-order valence-electron chi connectivity index (χ3n) is 4.84. The first-order chi connectivity index (χ1) is 15.0. The molecule has 0 saturated carbocycles. The summed E-state index contributed by atoms with van der Waals surface area (Å²) in [5, 5.41) is 0. The van der Waals surface area contributed by atoms with Crippen LogP contribution in [0.1, 0.15) is 32.2 Å². The minimum atomic E-state index is -1.20. The third-order valence-corrected chi connectivity index (χ3v) is 6.54. The third kappa shape index (κ3) is 7.15. The molecule has 0 saturated heterocycles. The van der Waals surface area contributed by atoms with Crippen molar-refractivity contribution in [1.29, 1.82) is 0 Å². The maximum atomic E-state index is 14.5. The summed E-state index contributed by atoms with van der Waals surface area (Å²) >= 11 is 0. The molecule has 32 heavy (non-hydrogen) atoms. The predicted octanol–water partition coefficient (Wildman–Crippen LogP) is 6.38. The van der Waals surface area contributed by atoms with Crippen LogP contribution in [-0.4, -0.2) is 29.8 Å². The van der Waals surface area contributed by atoms with E-state index in [0.29, 0.717) is 42.6 Å². The Bertz CT molecular complexity index is 1020. The molecule has 0 unspecified atom stereocenters. The fourth-order valence-electron chi connectivity index (χ4n) is 3.24. The van der Waals surface area contributed by atoms with Crippen LogP contribution in [0.3, 0.4) is 0 Å². The van der Waals surface area contributed by atoms with Crippen LogP contribution < -0.4 is 4.74 Å². The van der Waals surface area contributed by atoms with Crippen molar-refractivity contribution >= 4 is 19.1 Å². The molecule has 0 radical (unpaired) electrons. The van der Waals surface area contributed by atoms with Crippen molar-refractivity contribution in [3.63, 3.8) is 0 Å². The fourth-order valence-corrected chi connectivity index (χ4v) is 3.99. The summed E-state index contributed by atoms with van der Waals surface area (Å²) in [6, 6.07) is 13.9. The minimum absolute atomic E-state index is 0.289. The molecule has 0 bridgehead atoms. The number of rotatable bonds is 10. The molecule has 3 aromatic rings. The number of fused-ring (bicyclic) bond motifs is 1. The molecule has 0 aliphatic heterocycles. The number of aromatic nitrogens is 2. The molecule has 0 fully saturated rings. The first-order valence-electron chi connectivity index (χ1n) is 11.1. The lowest BCUT2D eigenvalue weighted by atomic mass is 10.2. The molecule has 0 amide bonds. The predicted molar refractivity (Wildman–Crippen MR) is 129 cm³/mol. The topological polar surface area (TPSA) is 45.5 Å². The van der Waals surface area contributed by atoms with Gasteiger partial charge in [-0.25, -0.2) is 9.37 Å². The van der Waals surface area contributed by atoms with Crippen molar-refractivity contribution in [3.8, 4) is 5.75 Å². The van der Waals surface area contributed by atoms with Gasteiger partial charge in [0.05, 0.1) is 12.1 Å². The number of ether oxygens (including phenoxy) is 3. The van der Waals surface area contributed by atoms with E-state index >= 15 is 0 Å². The standard InChI is InChI=1S/C25H35FN2O3Si/c1-25(2,3)31-22-15-20(26)14-21-24(22)27-23(17-30-16-19-10-8-7-9-11-19)28(21)18-29-12-13-32(4,5)6/h7-11,14-15H,12-13,16-18H2,1-6H3. The summed E-state index contributed by atoms with van der Waals surface area (Å²) in [5.74, 6) is 0.753. The monoisotopic (exact) mass is 458 g/mol. The molecule has 1 heterocycles. The van der Waals surface area contributed by atoms with Crippen LogP contribution in [0.15, 0.2) is 42.5 Å². The van der Waals surface area contributed by atoms with Gasteiger partial charge in [-0.05, 0) is 32.4 Å². The smallest absolute Gasteiger partial charge is 0.150 e. The second-order valence-corrected chi connectivity index (χ2v) is 15.9. The molecule has 7 heteroatoms. The van der Waals surface area contributed by atoms with Crippen molar-refractivity contribution in [2.45, 2.75) is 72.0 Å². The molecule has 0 atom stereocenters. The molecule has 174 valence electrons. The van der Waals surface area contributed by atoms with Gasteiger partial charge in [0.1, 0.15) is 36.1 Å². The van der Waals surface area contributed by atoms with E-state index in [-0.39, 0.29) is 12.4 Å². The number of hydrogen-bond donors (Lipinski definition) is 0. The Morgan fingerprint density at radius 2 is 1.72 bits per heavy atom. The molecular formula is C25H35FN2O3Si. The summed E-state index contributed by atoms with van der Waals surface area (Å²) in [5.41, 5.74) is 1.89. The molecule has 3 rings (SSSR count). The van der Waals surface area contributed by atoms with Crippen LogP contribution in [0.25, 0.3) is 11.0 Å². The van der Waals surface area contributed by atoms with E-state index in [9.17, 15) is 4.39 Å². The van der Waals surface area contributed by atoms with E-state index in [2.05, 4.69) is 19.6 Å². The van der Waals surface area contributed by atoms with Crippen LogP contribution in [0, 0.1) is 5.82 Å². The van der Waals surface area contributed by atoms with E-state index in [1.54, 1.807) is 0 Å². The van der Waals surface area contributed by atoms with Gasteiger partial charge in [-0.1, -0.05) is 50.0 Å². The molecule has 0 N–H and O–H groups in total. The van der Waals surface area contributed by atoms with Crippen LogP contribution >= 0.6 is 0 Å². The van der Waals surface area contributed by atoms with Crippen LogP contribution in [0.2, 0.25) is 25.7 Å². The molecular weight excluding hydrogens is 423 g/mol. The summed E-state index contributed by atoms with van der Waals surface area (Å²) in [6.45, 7) is 14.5. The number of benzene rings is 2. The summed E-state index contributed by atoms with van der Waals surface area (Å²) in [6.07, 6.45) is 0. The summed E-state index contributed by atoms with van der Waals surface area (Å²) in [7, 11) is -1.20. The van der Waals surface area contributed by atoms with Crippen LogP contribution in [0.5, 0.6) is 5.75 Å². The van der Waals surface area contributed by atoms with Crippen LogP contribution in [-0.2, 0) is 29.4 Å². The van der Waals surface area contributed by atoms with Crippen molar-refractivity contribution < 1.29 is 18.6 Å². The second-order valence-electron chi connectivity index (χ2n) is 10.3. The summed E-state index contributed by atoms with van der Waals surface area (Å²) < 4.78 is 34.3. The van der Waals surface area contributed by atoms with Gasteiger partial charge < -0.3 is 18.8 Å². The van der Waals surface area contributed by atoms with Gasteiger partial charge in [0.25, 0.3) is 0 Å². The van der Waals surface area contributed by atoms with Gasteiger partial charge in [-0.15, -0.1) is 0 Å². The zero-order chi connectivity index (χ0) is 23.4. The highest BCUT2D eigenvalue weighted by Gasteiger charge is 2.21. The quantitative estimate of drug-likeness (QED) is 0.261. The van der Waals surface area contributed by atoms with E-state index in [1.165, 1.54) is 12.1 Å². The number of nitrogens with zero attached hydrogens (tertiary/aromatic N) is 2. The lowest BCUT2D eigenvalue weighted by molar-refractivity contribution is 0.0694. The SMILES string of the molecule is CC(C)(C)Oc1cc(F)cc2c1nc(COCc1ccccc1)n2COCC[Si](C)(C)C. The Balaban J connectivity index is 1.87. The van der Waals surface area contributed by atoms with Crippen molar-refractivity contribution in [2.75, 3.05) is 6.61 Å². The van der Waals surface area contributed by atoms with E-state index in [4.69, 9.17) is 19.2 Å². The van der Waals surface area contributed by atoms with Gasteiger partial charge in [-0.3, -0.25) is 0 Å². The second kappa shape index (κ2) is 10.1. The first kappa shape index (κ1) is 24.4. The van der Waals surface area contributed by atoms with Gasteiger partial charge in [0.2, 0.25) is 0 Å². The van der Waals surface area contributed by atoms with Gasteiger partial charge in [-0.2, -0.15) is 0 Å². The average Bonchev–Trinajstić information content (AvgIpc) is 3.02. The minimum Gasteiger partial charge on any atom is -0.486 e. The Morgan fingerprint density at radius 1 is 1.00 bits per heavy atom. The zero-order valence-electron chi connectivity index (χ0n) is 20.1. The average molecular weight is 459 g/mol. The Labute approximate surface area is 191 Å². The molecule has 0 aliphatic rings. The maximum Gasteiger partial charge on any atom is 0.150 e. The highest BCUT2D eigenvalue weighted by Crippen LogP contribution is 2.31. The van der Waals surface area contributed by atoms with E-state index in [0.717, 1.165) is 11.6 Å². The lowest BCUT2D eigenvalue weighted by Gasteiger charge is -2.21. The highest BCUT2D eigenvalue weighted by molar-refractivity contribution is 6.76. The lowest BCUT2D eigenvalue weighted by Crippen LogP contribution is -2.23. The number of halogens is 1. The largest absolute Gasteiger partial charge is 0.486 e. The fraction of sp³-hybridized carbons (Fsp3) is 0.480. The first-order valence-corrected chi connectivity index (χ1v) is 14.8. The molecule has 0 aliphatic carbocycles. The zero-order valence-corrected chi connectivity index (χ0v) is 21.1. The van der Waals surface area contributed by atoms with Gasteiger partial charge in [0, 0.05) is 26.8 Å².